The van der Waals surface area contributed by atoms with Crippen LogP contribution in [-0.2, 0) is 13.1 Å². The summed E-state index contributed by atoms with van der Waals surface area (Å²) in [5.74, 6) is 2.15. The number of pyridine rings is 1. The fraction of sp³-hybridized carbons (Fsp3) is 0.429. The maximum atomic E-state index is 4.50. The molecule has 0 aliphatic carbocycles. The molecule has 1 atom stereocenters. The molecule has 0 spiro atoms. The van der Waals surface area contributed by atoms with Gasteiger partial charge in [0, 0.05) is 37.7 Å². The molecule has 0 aromatic carbocycles. The quantitative estimate of drug-likeness (QED) is 0.907. The molecule has 2 aromatic heterocycles. The van der Waals surface area contributed by atoms with Crippen LogP contribution in [0.1, 0.15) is 24.4 Å². The minimum absolute atomic E-state index is 0.341. The summed E-state index contributed by atoms with van der Waals surface area (Å²) in [6, 6.07) is 4.57. The lowest BCUT2D eigenvalue weighted by atomic mass is 10.1. The Labute approximate surface area is 113 Å². The van der Waals surface area contributed by atoms with Crippen LogP contribution in [0.5, 0.6) is 0 Å². The van der Waals surface area contributed by atoms with E-state index in [1.807, 2.05) is 25.6 Å². The van der Waals surface area contributed by atoms with Gasteiger partial charge in [-0.05, 0) is 31.7 Å². The Morgan fingerprint density at radius 1 is 1.26 bits per heavy atom. The molecule has 2 aromatic rings. The molecule has 1 unspecified atom stereocenters. The summed E-state index contributed by atoms with van der Waals surface area (Å²) in [6.45, 7) is 4.94. The molecule has 100 valence electrons. The average molecular weight is 257 g/mol. The number of imidazole rings is 1. The number of rotatable bonds is 3. The lowest BCUT2D eigenvalue weighted by Gasteiger charge is -2.29. The van der Waals surface area contributed by atoms with E-state index in [0.29, 0.717) is 6.04 Å². The Bertz CT molecular complexity index is 562. The number of aromatic nitrogens is 3. The molecule has 1 N–H and O–H groups in total. The molecule has 5 heteroatoms. The Balaban J connectivity index is 1.83. The van der Waals surface area contributed by atoms with Crippen LogP contribution in [0.25, 0.3) is 0 Å². The molecule has 3 heterocycles. The molecule has 0 bridgehead atoms. The fourth-order valence-electron chi connectivity index (χ4n) is 2.41. The van der Waals surface area contributed by atoms with Gasteiger partial charge in [0.15, 0.2) is 0 Å². The van der Waals surface area contributed by atoms with E-state index in [9.17, 15) is 0 Å². The van der Waals surface area contributed by atoms with Crippen molar-refractivity contribution in [3.8, 4) is 0 Å². The van der Waals surface area contributed by atoms with Gasteiger partial charge in [-0.3, -0.25) is 0 Å². The number of anilines is 1. The predicted molar refractivity (Wildman–Crippen MR) is 75.0 cm³/mol. The molecule has 0 fully saturated rings. The van der Waals surface area contributed by atoms with E-state index in [0.717, 1.165) is 31.3 Å². The highest BCUT2D eigenvalue weighted by atomic mass is 15.3. The second-order valence-corrected chi connectivity index (χ2v) is 4.92. The zero-order valence-corrected chi connectivity index (χ0v) is 11.4. The number of fused-ring (bicyclic) bond motifs is 1. The van der Waals surface area contributed by atoms with E-state index >= 15 is 0 Å². The second kappa shape index (κ2) is 5.01. The Hall–Kier alpha value is -1.88. The van der Waals surface area contributed by atoms with Crippen LogP contribution < -0.4 is 10.2 Å². The van der Waals surface area contributed by atoms with Crippen molar-refractivity contribution >= 4 is 5.82 Å². The van der Waals surface area contributed by atoms with Crippen LogP contribution in [0, 0.1) is 0 Å². The molecule has 1 aliphatic rings. The molecule has 0 radical (unpaired) electrons. The summed E-state index contributed by atoms with van der Waals surface area (Å²) < 4.78 is 2.20. The third-order valence-electron chi connectivity index (χ3n) is 3.77. The van der Waals surface area contributed by atoms with E-state index in [1.165, 1.54) is 5.56 Å². The second-order valence-electron chi connectivity index (χ2n) is 4.92. The highest BCUT2D eigenvalue weighted by Gasteiger charge is 2.18. The third-order valence-corrected chi connectivity index (χ3v) is 3.77. The molecule has 0 saturated heterocycles. The van der Waals surface area contributed by atoms with Crippen LogP contribution >= 0.6 is 0 Å². The zero-order valence-electron chi connectivity index (χ0n) is 11.4. The minimum Gasteiger partial charge on any atom is -0.347 e. The number of hydrogen-bond acceptors (Lipinski definition) is 4. The molecule has 0 amide bonds. The third kappa shape index (κ3) is 2.33. The molecule has 19 heavy (non-hydrogen) atoms. The lowest BCUT2D eigenvalue weighted by Crippen LogP contribution is -2.34. The van der Waals surface area contributed by atoms with Gasteiger partial charge in [-0.1, -0.05) is 0 Å². The Kier molecular flexibility index (Phi) is 3.21. The van der Waals surface area contributed by atoms with Crippen LogP contribution in [0.4, 0.5) is 5.82 Å². The van der Waals surface area contributed by atoms with Crippen molar-refractivity contribution in [3.05, 3.63) is 42.1 Å². The van der Waals surface area contributed by atoms with Crippen molar-refractivity contribution in [3.63, 3.8) is 0 Å². The number of hydrogen-bond donors (Lipinski definition) is 1. The standard InChI is InChI=1S/C14H19N5/c1-11(15-2)12-3-4-16-13(9-12)19-8-7-18-6-5-17-14(18)10-19/h3-6,9,11,15H,7-8,10H2,1-2H3. The Morgan fingerprint density at radius 2 is 2.16 bits per heavy atom. The first-order valence-electron chi connectivity index (χ1n) is 6.66. The average Bonchev–Trinajstić information content (AvgIpc) is 2.94. The van der Waals surface area contributed by atoms with Crippen LogP contribution in [0.15, 0.2) is 30.7 Å². The summed E-state index contributed by atoms with van der Waals surface area (Å²) in [7, 11) is 1.97. The monoisotopic (exact) mass is 257 g/mol. The molecule has 0 saturated carbocycles. The minimum atomic E-state index is 0.341. The highest BCUT2D eigenvalue weighted by molar-refractivity contribution is 5.42. The molecule has 3 rings (SSSR count). The summed E-state index contributed by atoms with van der Waals surface area (Å²) in [4.78, 5) is 11.2. The largest absolute Gasteiger partial charge is 0.347 e. The van der Waals surface area contributed by atoms with Crippen molar-refractivity contribution in [2.24, 2.45) is 0 Å². The van der Waals surface area contributed by atoms with Crippen molar-refractivity contribution in [2.45, 2.75) is 26.1 Å². The summed E-state index contributed by atoms with van der Waals surface area (Å²) in [5.41, 5.74) is 1.27. The Morgan fingerprint density at radius 3 is 3.00 bits per heavy atom. The van der Waals surface area contributed by atoms with Crippen molar-refractivity contribution < 1.29 is 0 Å². The first kappa shape index (κ1) is 12.2. The van der Waals surface area contributed by atoms with Gasteiger partial charge in [-0.25, -0.2) is 9.97 Å². The van der Waals surface area contributed by atoms with Crippen LogP contribution in [0.3, 0.4) is 0 Å². The van der Waals surface area contributed by atoms with Gasteiger partial charge in [0.25, 0.3) is 0 Å². The predicted octanol–water partition coefficient (Wildman–Crippen LogP) is 1.58. The number of nitrogens with zero attached hydrogens (tertiary/aromatic N) is 4. The zero-order chi connectivity index (χ0) is 13.2. The summed E-state index contributed by atoms with van der Waals surface area (Å²) in [6.07, 6.45) is 5.80. The van der Waals surface area contributed by atoms with Crippen molar-refractivity contribution in [2.75, 3.05) is 18.5 Å². The smallest absolute Gasteiger partial charge is 0.129 e. The van der Waals surface area contributed by atoms with Gasteiger partial charge >= 0.3 is 0 Å². The van der Waals surface area contributed by atoms with Crippen molar-refractivity contribution in [1.29, 1.82) is 0 Å². The van der Waals surface area contributed by atoms with E-state index in [2.05, 4.69) is 43.8 Å². The maximum Gasteiger partial charge on any atom is 0.129 e. The molecule has 1 aliphatic heterocycles. The topological polar surface area (TPSA) is 46.0 Å². The molecular weight excluding hydrogens is 238 g/mol. The van der Waals surface area contributed by atoms with Gasteiger partial charge in [0.2, 0.25) is 0 Å². The molecule has 5 nitrogen and oxygen atoms in total. The van der Waals surface area contributed by atoms with Crippen LogP contribution in [-0.4, -0.2) is 28.1 Å². The van der Waals surface area contributed by atoms with Gasteiger partial charge in [0.1, 0.15) is 11.6 Å². The van der Waals surface area contributed by atoms with E-state index in [1.54, 1.807) is 0 Å². The highest BCUT2D eigenvalue weighted by Crippen LogP contribution is 2.21. The SMILES string of the molecule is CNC(C)c1ccnc(N2CCn3ccnc3C2)c1. The van der Waals surface area contributed by atoms with E-state index in [-0.39, 0.29) is 0 Å². The van der Waals surface area contributed by atoms with Gasteiger partial charge in [-0.2, -0.15) is 0 Å². The van der Waals surface area contributed by atoms with Gasteiger partial charge in [-0.15, -0.1) is 0 Å². The first-order chi connectivity index (χ1) is 9.28. The number of nitrogens with one attached hydrogen (secondary N) is 1. The van der Waals surface area contributed by atoms with Gasteiger partial charge < -0.3 is 14.8 Å². The fourth-order valence-corrected chi connectivity index (χ4v) is 2.41. The first-order valence-corrected chi connectivity index (χ1v) is 6.66. The van der Waals surface area contributed by atoms with Gasteiger partial charge in [0.05, 0.1) is 6.54 Å². The van der Waals surface area contributed by atoms with E-state index in [4.69, 9.17) is 0 Å². The van der Waals surface area contributed by atoms with Crippen LogP contribution in [0.2, 0.25) is 0 Å². The van der Waals surface area contributed by atoms with E-state index < -0.39 is 0 Å². The summed E-state index contributed by atoms with van der Waals surface area (Å²) in [5, 5.41) is 3.26. The summed E-state index contributed by atoms with van der Waals surface area (Å²) >= 11 is 0. The molecular formula is C14H19N5. The maximum absolute atomic E-state index is 4.50. The normalized spacial score (nSPS) is 16.2. The van der Waals surface area contributed by atoms with Crippen molar-refractivity contribution in [1.82, 2.24) is 19.9 Å². The lowest BCUT2D eigenvalue weighted by molar-refractivity contribution is 0.555.